The van der Waals surface area contributed by atoms with Crippen LogP contribution in [-0.4, -0.2) is 30.9 Å². The molecule has 0 aliphatic carbocycles. The maximum Gasteiger partial charge on any atom is 0.293 e. The molecule has 1 amide bonds. The van der Waals surface area contributed by atoms with Gasteiger partial charge in [0.15, 0.2) is 0 Å². The number of benzene rings is 1. The normalized spacial score (nSPS) is 10.5. The van der Waals surface area contributed by atoms with E-state index in [9.17, 15) is 4.79 Å². The summed E-state index contributed by atoms with van der Waals surface area (Å²) in [6, 6.07) is 9.36. The van der Waals surface area contributed by atoms with Crippen molar-refractivity contribution in [2.75, 3.05) is 11.1 Å². The van der Waals surface area contributed by atoms with Gasteiger partial charge < -0.3 is 11.1 Å². The molecule has 0 fully saturated rings. The van der Waals surface area contributed by atoms with Crippen LogP contribution in [0.25, 0.3) is 0 Å². The lowest BCUT2D eigenvalue weighted by atomic mass is 10.2. The number of H-pyrrole nitrogens is 1. The van der Waals surface area contributed by atoms with Gasteiger partial charge in [0.1, 0.15) is 0 Å². The van der Waals surface area contributed by atoms with Crippen LogP contribution in [0, 0.1) is 0 Å². The lowest BCUT2D eigenvalue weighted by molar-refractivity contribution is 0.101. The Morgan fingerprint density at radius 2 is 2.29 bits per heavy atom. The van der Waals surface area contributed by atoms with Gasteiger partial charge in [-0.15, -0.1) is 5.10 Å². The number of aromatic nitrogens is 5. The summed E-state index contributed by atoms with van der Waals surface area (Å²) < 4.78 is 1.80. The van der Waals surface area contributed by atoms with E-state index in [2.05, 4.69) is 25.6 Å². The Kier molecular flexibility index (Phi) is 3.34. The average Bonchev–Trinajstić information content (AvgIpc) is 3.11. The molecular weight excluding hydrogens is 270 g/mol. The van der Waals surface area contributed by atoms with Gasteiger partial charge in [0.25, 0.3) is 5.91 Å². The predicted octanol–water partition coefficient (Wildman–Crippen LogP) is 0.884. The Hall–Kier alpha value is -3.16. The summed E-state index contributed by atoms with van der Waals surface area (Å²) in [7, 11) is 0. The van der Waals surface area contributed by atoms with Crippen LogP contribution in [0.3, 0.4) is 0 Å². The van der Waals surface area contributed by atoms with Crippen LogP contribution in [0.5, 0.6) is 0 Å². The van der Waals surface area contributed by atoms with Gasteiger partial charge in [-0.1, -0.05) is 12.1 Å². The van der Waals surface area contributed by atoms with Crippen LogP contribution in [0.4, 0.5) is 11.6 Å². The predicted molar refractivity (Wildman–Crippen MR) is 76.5 cm³/mol. The van der Waals surface area contributed by atoms with Crippen molar-refractivity contribution in [3.05, 3.63) is 54.1 Å². The molecule has 3 rings (SSSR count). The van der Waals surface area contributed by atoms with E-state index in [1.165, 1.54) is 0 Å². The average molecular weight is 283 g/mol. The minimum Gasteiger partial charge on any atom is -0.366 e. The number of anilines is 2. The van der Waals surface area contributed by atoms with Crippen molar-refractivity contribution in [2.24, 2.45) is 0 Å². The monoisotopic (exact) mass is 283 g/mol. The van der Waals surface area contributed by atoms with Crippen LogP contribution in [-0.2, 0) is 6.54 Å². The Labute approximate surface area is 120 Å². The Morgan fingerprint density at radius 1 is 1.38 bits per heavy atom. The van der Waals surface area contributed by atoms with Crippen molar-refractivity contribution in [3.8, 4) is 0 Å². The number of hydrogen-bond acceptors (Lipinski definition) is 5. The molecule has 8 nitrogen and oxygen atoms in total. The molecule has 0 bridgehead atoms. The number of nitrogen functional groups attached to an aromatic ring is 1. The maximum atomic E-state index is 11.9. The molecule has 106 valence electrons. The minimum atomic E-state index is -0.393. The fourth-order valence-electron chi connectivity index (χ4n) is 1.90. The van der Waals surface area contributed by atoms with Crippen LogP contribution in [0.1, 0.15) is 16.2 Å². The highest BCUT2D eigenvalue weighted by Gasteiger charge is 2.11. The van der Waals surface area contributed by atoms with Gasteiger partial charge in [0.05, 0.1) is 6.54 Å². The first-order chi connectivity index (χ1) is 10.2. The van der Waals surface area contributed by atoms with Crippen molar-refractivity contribution in [1.82, 2.24) is 25.0 Å². The van der Waals surface area contributed by atoms with Crippen LogP contribution in [0.2, 0.25) is 0 Å². The fraction of sp³-hybridized carbons (Fsp3) is 0.0769. The zero-order valence-corrected chi connectivity index (χ0v) is 11.0. The zero-order chi connectivity index (χ0) is 14.7. The third-order valence-corrected chi connectivity index (χ3v) is 2.81. The molecule has 0 aliphatic heterocycles. The van der Waals surface area contributed by atoms with Gasteiger partial charge in [-0.05, 0) is 23.8 Å². The van der Waals surface area contributed by atoms with Crippen molar-refractivity contribution in [3.63, 3.8) is 0 Å². The number of nitrogens with two attached hydrogens (primary N) is 1. The molecular formula is C13H13N7O. The van der Waals surface area contributed by atoms with Gasteiger partial charge in [-0.25, -0.2) is 0 Å². The van der Waals surface area contributed by atoms with Crippen molar-refractivity contribution >= 4 is 17.5 Å². The highest BCUT2D eigenvalue weighted by Crippen LogP contribution is 2.12. The Balaban J connectivity index is 1.72. The molecule has 4 N–H and O–H groups in total. The number of aromatic amines is 1. The van der Waals surface area contributed by atoms with E-state index >= 15 is 0 Å². The van der Waals surface area contributed by atoms with E-state index in [0.717, 1.165) is 5.56 Å². The highest BCUT2D eigenvalue weighted by atomic mass is 16.2. The maximum absolute atomic E-state index is 11.9. The molecule has 0 spiro atoms. The number of nitrogens with one attached hydrogen (secondary N) is 2. The standard InChI is InChI=1S/C13H13N7O/c14-13-17-11(18-19-13)12(21)16-10-4-1-3-9(7-10)8-20-6-2-5-15-20/h1-7H,8H2,(H,16,21)(H3,14,17,18,19). The van der Waals surface area contributed by atoms with Crippen LogP contribution in [0.15, 0.2) is 42.7 Å². The first kappa shape index (κ1) is 12.9. The third-order valence-electron chi connectivity index (χ3n) is 2.81. The fourth-order valence-corrected chi connectivity index (χ4v) is 1.90. The van der Waals surface area contributed by atoms with Crippen molar-refractivity contribution in [1.29, 1.82) is 0 Å². The lowest BCUT2D eigenvalue weighted by Gasteiger charge is -2.06. The molecule has 1 aromatic carbocycles. The zero-order valence-electron chi connectivity index (χ0n) is 11.0. The molecule has 0 unspecified atom stereocenters. The Morgan fingerprint density at radius 3 is 3.00 bits per heavy atom. The van der Waals surface area contributed by atoms with E-state index in [-0.39, 0.29) is 11.8 Å². The van der Waals surface area contributed by atoms with Crippen LogP contribution < -0.4 is 11.1 Å². The first-order valence-electron chi connectivity index (χ1n) is 6.26. The second kappa shape index (κ2) is 5.45. The summed E-state index contributed by atoms with van der Waals surface area (Å²) in [6.45, 7) is 0.631. The summed E-state index contributed by atoms with van der Waals surface area (Å²) in [5.74, 6) is -0.284. The van der Waals surface area contributed by atoms with Gasteiger partial charge in [0, 0.05) is 18.1 Å². The van der Waals surface area contributed by atoms with E-state index in [1.54, 1.807) is 16.9 Å². The summed E-state index contributed by atoms with van der Waals surface area (Å²) in [5, 5.41) is 13.0. The second-order valence-electron chi connectivity index (χ2n) is 4.40. The molecule has 0 saturated carbocycles. The lowest BCUT2D eigenvalue weighted by Crippen LogP contribution is -2.14. The molecule has 3 aromatic rings. The summed E-state index contributed by atoms with van der Waals surface area (Å²) in [5.41, 5.74) is 7.05. The number of rotatable bonds is 4. The highest BCUT2D eigenvalue weighted by molar-refractivity contribution is 6.01. The molecule has 21 heavy (non-hydrogen) atoms. The molecule has 0 saturated heterocycles. The second-order valence-corrected chi connectivity index (χ2v) is 4.40. The minimum absolute atomic E-state index is 0.0348. The number of carbonyl (C=O) groups excluding carboxylic acids is 1. The smallest absolute Gasteiger partial charge is 0.293 e. The van der Waals surface area contributed by atoms with Crippen molar-refractivity contribution in [2.45, 2.75) is 6.54 Å². The molecule has 0 atom stereocenters. The van der Waals surface area contributed by atoms with E-state index in [4.69, 9.17) is 5.73 Å². The Bertz CT molecular complexity index is 747. The molecule has 2 aromatic heterocycles. The van der Waals surface area contributed by atoms with Gasteiger partial charge >= 0.3 is 0 Å². The van der Waals surface area contributed by atoms with Crippen LogP contribution >= 0.6 is 0 Å². The number of amides is 1. The van der Waals surface area contributed by atoms with Crippen molar-refractivity contribution < 1.29 is 4.79 Å². The van der Waals surface area contributed by atoms with E-state index < -0.39 is 5.91 Å². The number of nitrogens with zero attached hydrogens (tertiary/aromatic N) is 4. The topological polar surface area (TPSA) is 115 Å². The molecule has 0 radical (unpaired) electrons. The SMILES string of the molecule is Nc1n[nH]c(C(=O)Nc2cccc(Cn3cccn3)c2)n1. The quantitative estimate of drug-likeness (QED) is 0.657. The molecule has 2 heterocycles. The summed E-state index contributed by atoms with van der Waals surface area (Å²) >= 11 is 0. The largest absolute Gasteiger partial charge is 0.366 e. The number of carbonyl (C=O) groups is 1. The molecule has 0 aliphatic rings. The van der Waals surface area contributed by atoms with Gasteiger partial charge in [-0.2, -0.15) is 10.1 Å². The van der Waals surface area contributed by atoms with E-state index in [0.29, 0.717) is 12.2 Å². The molecule has 8 heteroatoms. The van der Waals surface area contributed by atoms with E-state index in [1.807, 2.05) is 30.5 Å². The number of hydrogen-bond donors (Lipinski definition) is 3. The van der Waals surface area contributed by atoms with Gasteiger partial charge in [0.2, 0.25) is 11.8 Å². The third kappa shape index (κ3) is 3.06. The first-order valence-corrected chi connectivity index (χ1v) is 6.26. The summed E-state index contributed by atoms with van der Waals surface area (Å²) in [4.78, 5) is 15.7. The summed E-state index contributed by atoms with van der Waals surface area (Å²) in [6.07, 6.45) is 3.60. The van der Waals surface area contributed by atoms with Gasteiger partial charge in [-0.3, -0.25) is 14.6 Å².